The Kier molecular flexibility index (Phi) is 3.09. The molecule has 0 radical (unpaired) electrons. The molecule has 2 N–H and O–H groups in total. The van der Waals surface area contributed by atoms with Crippen LogP contribution in [0.1, 0.15) is 16.2 Å². The Morgan fingerprint density at radius 3 is 3.00 bits per heavy atom. The van der Waals surface area contributed by atoms with Gasteiger partial charge in [-0.1, -0.05) is 6.07 Å². The molecule has 0 amide bonds. The number of aromatic nitrogens is 2. The van der Waals surface area contributed by atoms with E-state index in [4.69, 9.17) is 10.5 Å². The Balaban J connectivity index is 2.30. The van der Waals surface area contributed by atoms with E-state index < -0.39 is 5.97 Å². The first-order chi connectivity index (χ1) is 8.20. The Bertz CT molecular complexity index is 520. The van der Waals surface area contributed by atoms with Gasteiger partial charge in [0.05, 0.1) is 25.0 Å². The van der Waals surface area contributed by atoms with Crippen LogP contribution in [0.3, 0.4) is 0 Å². The quantitative estimate of drug-likeness (QED) is 0.808. The van der Waals surface area contributed by atoms with Crippen LogP contribution in [0.15, 0.2) is 36.7 Å². The molecule has 0 bridgehead atoms. The van der Waals surface area contributed by atoms with Gasteiger partial charge in [-0.3, -0.25) is 4.98 Å². The molecule has 0 aromatic carbocycles. The molecule has 0 saturated carbocycles. The van der Waals surface area contributed by atoms with Gasteiger partial charge in [-0.2, -0.15) is 0 Å². The van der Waals surface area contributed by atoms with Gasteiger partial charge in [0.1, 0.15) is 5.69 Å². The third-order valence-electron chi connectivity index (χ3n) is 2.37. The number of nitrogen functional groups attached to an aromatic ring is 1. The zero-order chi connectivity index (χ0) is 12.3. The van der Waals surface area contributed by atoms with E-state index in [2.05, 4.69) is 4.98 Å². The van der Waals surface area contributed by atoms with Crippen molar-refractivity contribution in [2.75, 3.05) is 12.8 Å². The lowest BCUT2D eigenvalue weighted by Crippen LogP contribution is -2.11. The smallest absolute Gasteiger partial charge is 0.354 e. The van der Waals surface area contributed by atoms with Gasteiger partial charge in [-0.25, -0.2) is 4.79 Å². The highest BCUT2D eigenvalue weighted by Gasteiger charge is 2.13. The lowest BCUT2D eigenvalue weighted by atomic mass is 10.3. The zero-order valence-electron chi connectivity index (χ0n) is 9.46. The van der Waals surface area contributed by atoms with Crippen molar-refractivity contribution in [3.05, 3.63) is 48.0 Å². The van der Waals surface area contributed by atoms with Gasteiger partial charge >= 0.3 is 5.97 Å². The lowest BCUT2D eigenvalue weighted by Gasteiger charge is -2.06. The summed E-state index contributed by atoms with van der Waals surface area (Å²) < 4.78 is 6.42. The van der Waals surface area contributed by atoms with E-state index in [9.17, 15) is 4.79 Å². The summed E-state index contributed by atoms with van der Waals surface area (Å²) in [7, 11) is 1.34. The minimum absolute atomic E-state index is 0.405. The summed E-state index contributed by atoms with van der Waals surface area (Å²) in [5.74, 6) is -0.405. The molecule has 0 aliphatic rings. The van der Waals surface area contributed by atoms with Crippen LogP contribution in [-0.4, -0.2) is 22.6 Å². The topological polar surface area (TPSA) is 70.1 Å². The van der Waals surface area contributed by atoms with E-state index in [1.54, 1.807) is 23.0 Å². The summed E-state index contributed by atoms with van der Waals surface area (Å²) in [4.78, 5) is 15.7. The minimum atomic E-state index is -0.405. The van der Waals surface area contributed by atoms with Gasteiger partial charge in [-0.15, -0.1) is 0 Å². The molecule has 0 atom stereocenters. The average Bonchev–Trinajstić information content (AvgIpc) is 2.70. The first-order valence-corrected chi connectivity index (χ1v) is 5.14. The molecule has 17 heavy (non-hydrogen) atoms. The van der Waals surface area contributed by atoms with Gasteiger partial charge in [0.25, 0.3) is 0 Å². The summed E-state index contributed by atoms with van der Waals surface area (Å²) in [6.45, 7) is 0.489. The van der Waals surface area contributed by atoms with Crippen LogP contribution in [0.4, 0.5) is 5.69 Å². The van der Waals surface area contributed by atoms with Crippen molar-refractivity contribution < 1.29 is 9.53 Å². The first kappa shape index (κ1) is 11.2. The van der Waals surface area contributed by atoms with Gasteiger partial charge in [0.15, 0.2) is 0 Å². The van der Waals surface area contributed by atoms with Crippen molar-refractivity contribution >= 4 is 11.7 Å². The SMILES string of the molecule is COC(=O)c1cc(N)cn1Cc1ccccn1. The van der Waals surface area contributed by atoms with Crippen LogP contribution < -0.4 is 5.73 Å². The number of carbonyl (C=O) groups is 1. The monoisotopic (exact) mass is 231 g/mol. The van der Waals surface area contributed by atoms with E-state index in [1.165, 1.54) is 7.11 Å². The summed E-state index contributed by atoms with van der Waals surface area (Å²) >= 11 is 0. The van der Waals surface area contributed by atoms with Crippen molar-refractivity contribution in [1.29, 1.82) is 0 Å². The van der Waals surface area contributed by atoms with Crippen LogP contribution in [0.25, 0.3) is 0 Å². The van der Waals surface area contributed by atoms with Crippen molar-refractivity contribution in [3.8, 4) is 0 Å². The van der Waals surface area contributed by atoms with Crippen molar-refractivity contribution in [2.24, 2.45) is 0 Å². The largest absolute Gasteiger partial charge is 0.464 e. The second-order valence-electron chi connectivity index (χ2n) is 3.60. The molecule has 5 nitrogen and oxygen atoms in total. The molecule has 2 rings (SSSR count). The van der Waals surface area contributed by atoms with Gasteiger partial charge in [-0.05, 0) is 18.2 Å². The molecule has 88 valence electrons. The van der Waals surface area contributed by atoms with E-state index in [0.29, 0.717) is 17.9 Å². The number of hydrogen-bond acceptors (Lipinski definition) is 4. The summed E-state index contributed by atoms with van der Waals surface area (Å²) in [5.41, 5.74) is 7.49. The van der Waals surface area contributed by atoms with Crippen LogP contribution >= 0.6 is 0 Å². The number of carbonyl (C=O) groups excluding carboxylic acids is 1. The minimum Gasteiger partial charge on any atom is -0.464 e. The number of nitrogens with two attached hydrogens (primary N) is 1. The standard InChI is InChI=1S/C12H13N3O2/c1-17-12(16)11-6-9(13)7-15(11)8-10-4-2-3-5-14-10/h2-7H,8,13H2,1H3. The van der Waals surface area contributed by atoms with Gasteiger partial charge < -0.3 is 15.0 Å². The molecule has 0 aliphatic carbocycles. The van der Waals surface area contributed by atoms with Gasteiger partial charge in [0.2, 0.25) is 0 Å². The second kappa shape index (κ2) is 4.69. The number of hydrogen-bond donors (Lipinski definition) is 1. The highest BCUT2D eigenvalue weighted by atomic mass is 16.5. The molecule has 2 heterocycles. The molecule has 0 saturated heterocycles. The fourth-order valence-electron chi connectivity index (χ4n) is 1.61. The number of esters is 1. The van der Waals surface area contributed by atoms with E-state index in [0.717, 1.165) is 5.69 Å². The molecule has 0 spiro atoms. The van der Waals surface area contributed by atoms with E-state index in [-0.39, 0.29) is 0 Å². The van der Waals surface area contributed by atoms with Crippen LogP contribution in [0, 0.1) is 0 Å². The number of pyridine rings is 1. The normalized spacial score (nSPS) is 10.2. The fraction of sp³-hybridized carbons (Fsp3) is 0.167. The maximum Gasteiger partial charge on any atom is 0.354 e. The summed E-state index contributed by atoms with van der Waals surface area (Å²) in [5, 5.41) is 0. The number of ether oxygens (including phenoxy) is 1. The van der Waals surface area contributed by atoms with Crippen LogP contribution in [0.2, 0.25) is 0 Å². The van der Waals surface area contributed by atoms with Crippen molar-refractivity contribution in [2.45, 2.75) is 6.54 Å². The third kappa shape index (κ3) is 2.44. The highest BCUT2D eigenvalue weighted by molar-refractivity contribution is 5.89. The number of rotatable bonds is 3. The van der Waals surface area contributed by atoms with E-state index in [1.807, 2.05) is 18.2 Å². The van der Waals surface area contributed by atoms with Crippen molar-refractivity contribution in [3.63, 3.8) is 0 Å². The predicted molar refractivity (Wildman–Crippen MR) is 63.5 cm³/mol. The molecular weight excluding hydrogens is 218 g/mol. The Labute approximate surface area is 98.8 Å². The summed E-state index contributed by atoms with van der Waals surface area (Å²) in [6, 6.07) is 7.22. The van der Waals surface area contributed by atoms with E-state index >= 15 is 0 Å². The van der Waals surface area contributed by atoms with Crippen molar-refractivity contribution in [1.82, 2.24) is 9.55 Å². The molecule has 0 fully saturated rings. The maximum absolute atomic E-state index is 11.5. The number of anilines is 1. The molecule has 2 aromatic heterocycles. The lowest BCUT2D eigenvalue weighted by molar-refractivity contribution is 0.0589. The molecule has 5 heteroatoms. The molecular formula is C12H13N3O2. The molecule has 0 unspecified atom stereocenters. The number of methoxy groups -OCH3 is 1. The zero-order valence-corrected chi connectivity index (χ0v) is 9.46. The molecule has 0 aliphatic heterocycles. The average molecular weight is 231 g/mol. The number of nitrogens with zero attached hydrogens (tertiary/aromatic N) is 2. The van der Waals surface area contributed by atoms with Crippen LogP contribution in [0.5, 0.6) is 0 Å². The fourth-order valence-corrected chi connectivity index (χ4v) is 1.61. The highest BCUT2D eigenvalue weighted by Crippen LogP contribution is 2.13. The Morgan fingerprint density at radius 1 is 1.53 bits per heavy atom. The third-order valence-corrected chi connectivity index (χ3v) is 2.37. The van der Waals surface area contributed by atoms with Crippen LogP contribution in [-0.2, 0) is 11.3 Å². The second-order valence-corrected chi connectivity index (χ2v) is 3.60. The first-order valence-electron chi connectivity index (χ1n) is 5.14. The maximum atomic E-state index is 11.5. The Morgan fingerprint density at radius 2 is 2.35 bits per heavy atom. The molecule has 2 aromatic rings. The Hall–Kier alpha value is -2.30. The summed E-state index contributed by atoms with van der Waals surface area (Å²) in [6.07, 6.45) is 3.40. The van der Waals surface area contributed by atoms with Gasteiger partial charge in [0, 0.05) is 12.4 Å². The predicted octanol–water partition coefficient (Wildman–Crippen LogP) is 1.30.